The summed E-state index contributed by atoms with van der Waals surface area (Å²) in [5.41, 5.74) is 1.97. The van der Waals surface area contributed by atoms with Crippen molar-refractivity contribution in [3.63, 3.8) is 0 Å². The normalized spacial score (nSPS) is 16.9. The van der Waals surface area contributed by atoms with E-state index in [0.29, 0.717) is 0 Å². The van der Waals surface area contributed by atoms with Gasteiger partial charge in [-0.2, -0.15) is 0 Å². The Kier molecular flexibility index (Phi) is 5.99. The first-order valence-corrected chi connectivity index (χ1v) is 9.38. The molecular formula is C21H22BrNO3. The van der Waals surface area contributed by atoms with Gasteiger partial charge in [0.15, 0.2) is 0 Å². The van der Waals surface area contributed by atoms with Gasteiger partial charge in [-0.3, -0.25) is 4.79 Å². The summed E-state index contributed by atoms with van der Waals surface area (Å²) in [6.07, 6.45) is 5.38. The zero-order valence-corrected chi connectivity index (χ0v) is 16.5. The first-order valence-electron chi connectivity index (χ1n) is 8.59. The van der Waals surface area contributed by atoms with Crippen molar-refractivity contribution in [2.24, 2.45) is 0 Å². The fourth-order valence-electron chi connectivity index (χ4n) is 3.32. The van der Waals surface area contributed by atoms with E-state index in [4.69, 9.17) is 9.47 Å². The molecule has 1 aliphatic heterocycles. The third-order valence-corrected chi connectivity index (χ3v) is 5.36. The van der Waals surface area contributed by atoms with E-state index in [0.717, 1.165) is 46.5 Å². The topological polar surface area (TPSA) is 38.8 Å². The van der Waals surface area contributed by atoms with Crippen LogP contribution in [0.3, 0.4) is 0 Å². The van der Waals surface area contributed by atoms with Crippen LogP contribution in [0.4, 0.5) is 0 Å². The molecule has 1 aliphatic rings. The Morgan fingerprint density at radius 2 is 2.00 bits per heavy atom. The number of hydrogen-bond acceptors (Lipinski definition) is 3. The number of rotatable bonds is 5. The predicted molar refractivity (Wildman–Crippen MR) is 106 cm³/mol. The Morgan fingerprint density at radius 3 is 2.73 bits per heavy atom. The number of halogens is 1. The van der Waals surface area contributed by atoms with E-state index in [1.165, 1.54) is 0 Å². The van der Waals surface area contributed by atoms with Crippen molar-refractivity contribution in [2.45, 2.75) is 18.9 Å². The van der Waals surface area contributed by atoms with Gasteiger partial charge in [-0.25, -0.2) is 0 Å². The molecule has 1 fully saturated rings. The van der Waals surface area contributed by atoms with Crippen LogP contribution in [0.2, 0.25) is 0 Å². The van der Waals surface area contributed by atoms with Gasteiger partial charge in [0.2, 0.25) is 5.91 Å². The molecule has 1 atom stereocenters. The van der Waals surface area contributed by atoms with Crippen molar-refractivity contribution in [1.82, 2.24) is 4.90 Å². The SMILES string of the molecule is COc1ccc(OC)c(C2CCCN2C(=O)/C=C/c2ccccc2Br)c1. The summed E-state index contributed by atoms with van der Waals surface area (Å²) in [6.45, 7) is 0.740. The highest BCUT2D eigenvalue weighted by molar-refractivity contribution is 9.10. The Hall–Kier alpha value is -2.27. The maximum Gasteiger partial charge on any atom is 0.247 e. The number of carbonyl (C=O) groups excluding carboxylic acids is 1. The average molecular weight is 416 g/mol. The van der Waals surface area contributed by atoms with Gasteiger partial charge in [-0.15, -0.1) is 0 Å². The second-order valence-corrected chi connectivity index (χ2v) is 7.01. The molecule has 2 aromatic carbocycles. The van der Waals surface area contributed by atoms with Gasteiger partial charge in [-0.1, -0.05) is 34.1 Å². The maximum atomic E-state index is 12.8. The van der Waals surface area contributed by atoms with E-state index in [-0.39, 0.29) is 11.9 Å². The molecule has 5 heteroatoms. The summed E-state index contributed by atoms with van der Waals surface area (Å²) in [7, 11) is 3.29. The van der Waals surface area contributed by atoms with Gasteiger partial charge in [-0.05, 0) is 48.7 Å². The molecule has 0 aliphatic carbocycles. The summed E-state index contributed by atoms with van der Waals surface area (Å²) >= 11 is 3.51. The Balaban J connectivity index is 1.84. The number of amides is 1. The van der Waals surface area contributed by atoms with E-state index < -0.39 is 0 Å². The van der Waals surface area contributed by atoms with E-state index in [9.17, 15) is 4.79 Å². The smallest absolute Gasteiger partial charge is 0.247 e. The van der Waals surface area contributed by atoms with Crippen LogP contribution >= 0.6 is 15.9 Å². The molecule has 0 N–H and O–H groups in total. The monoisotopic (exact) mass is 415 g/mol. The van der Waals surface area contributed by atoms with E-state index in [1.807, 2.05) is 53.4 Å². The Labute approximate surface area is 162 Å². The Bertz CT molecular complexity index is 819. The fourth-order valence-corrected chi connectivity index (χ4v) is 3.74. The molecule has 0 spiro atoms. The molecule has 0 bridgehead atoms. The molecule has 4 nitrogen and oxygen atoms in total. The van der Waals surface area contributed by atoms with Crippen LogP contribution < -0.4 is 9.47 Å². The standard InChI is InChI=1S/C21H22BrNO3/c1-25-16-10-11-20(26-2)17(14-16)19-8-5-13-23(19)21(24)12-9-15-6-3-4-7-18(15)22/h3-4,6-7,9-12,14,19H,5,8,13H2,1-2H3/b12-9+. The molecule has 1 amide bonds. The van der Waals surface area contributed by atoms with E-state index >= 15 is 0 Å². The third kappa shape index (κ3) is 3.93. The molecule has 1 heterocycles. The molecule has 2 aromatic rings. The lowest BCUT2D eigenvalue weighted by atomic mass is 10.0. The molecule has 1 saturated heterocycles. The summed E-state index contributed by atoms with van der Waals surface area (Å²) in [4.78, 5) is 14.7. The lowest BCUT2D eigenvalue weighted by Gasteiger charge is -2.25. The van der Waals surface area contributed by atoms with Crippen molar-refractivity contribution in [2.75, 3.05) is 20.8 Å². The quantitative estimate of drug-likeness (QED) is 0.655. The van der Waals surface area contributed by atoms with Gasteiger partial charge < -0.3 is 14.4 Å². The lowest BCUT2D eigenvalue weighted by molar-refractivity contribution is -0.126. The highest BCUT2D eigenvalue weighted by Gasteiger charge is 2.31. The van der Waals surface area contributed by atoms with Crippen LogP contribution in [-0.4, -0.2) is 31.6 Å². The molecule has 0 radical (unpaired) electrons. The van der Waals surface area contributed by atoms with Crippen molar-refractivity contribution in [1.29, 1.82) is 0 Å². The lowest BCUT2D eigenvalue weighted by Crippen LogP contribution is -2.29. The molecule has 26 heavy (non-hydrogen) atoms. The maximum absolute atomic E-state index is 12.8. The third-order valence-electron chi connectivity index (χ3n) is 4.64. The highest BCUT2D eigenvalue weighted by atomic mass is 79.9. The summed E-state index contributed by atoms with van der Waals surface area (Å²) in [6, 6.07) is 13.6. The van der Waals surface area contributed by atoms with Gasteiger partial charge >= 0.3 is 0 Å². The first kappa shape index (κ1) is 18.5. The van der Waals surface area contributed by atoms with Gasteiger partial charge in [0.25, 0.3) is 0 Å². The second kappa shape index (κ2) is 8.41. The van der Waals surface area contributed by atoms with Gasteiger partial charge in [0.05, 0.1) is 20.3 Å². The number of nitrogens with zero attached hydrogens (tertiary/aromatic N) is 1. The van der Waals surface area contributed by atoms with Crippen LogP contribution in [0.1, 0.15) is 30.0 Å². The summed E-state index contributed by atoms with van der Waals surface area (Å²) in [5.74, 6) is 1.56. The molecular weight excluding hydrogens is 394 g/mol. The number of likely N-dealkylation sites (tertiary alicyclic amines) is 1. The van der Waals surface area contributed by atoms with E-state index in [1.54, 1.807) is 20.3 Å². The minimum absolute atomic E-state index is 0.00332. The van der Waals surface area contributed by atoms with Crippen molar-refractivity contribution < 1.29 is 14.3 Å². The number of ether oxygens (including phenoxy) is 2. The van der Waals surface area contributed by atoms with Gasteiger partial charge in [0, 0.05) is 22.7 Å². The second-order valence-electron chi connectivity index (χ2n) is 6.15. The molecule has 0 saturated carbocycles. The number of benzene rings is 2. The highest BCUT2D eigenvalue weighted by Crippen LogP contribution is 2.39. The molecule has 0 aromatic heterocycles. The largest absolute Gasteiger partial charge is 0.497 e. The summed E-state index contributed by atoms with van der Waals surface area (Å²) < 4.78 is 11.8. The molecule has 136 valence electrons. The minimum Gasteiger partial charge on any atom is -0.497 e. The number of methoxy groups -OCH3 is 2. The van der Waals surface area contributed by atoms with Crippen LogP contribution in [0.25, 0.3) is 6.08 Å². The average Bonchev–Trinajstić information content (AvgIpc) is 3.16. The number of hydrogen-bond donors (Lipinski definition) is 0. The predicted octanol–water partition coefficient (Wildman–Crippen LogP) is 4.84. The van der Waals surface area contributed by atoms with Crippen LogP contribution in [-0.2, 0) is 4.79 Å². The number of carbonyl (C=O) groups is 1. The van der Waals surface area contributed by atoms with Crippen molar-refractivity contribution >= 4 is 27.9 Å². The minimum atomic E-state index is -0.00332. The first-order chi connectivity index (χ1) is 12.6. The van der Waals surface area contributed by atoms with Crippen molar-refractivity contribution in [3.05, 3.63) is 64.1 Å². The van der Waals surface area contributed by atoms with Crippen LogP contribution in [0.5, 0.6) is 11.5 Å². The fraction of sp³-hybridized carbons (Fsp3) is 0.286. The van der Waals surface area contributed by atoms with Crippen LogP contribution in [0, 0.1) is 0 Å². The zero-order valence-electron chi connectivity index (χ0n) is 14.9. The molecule has 1 unspecified atom stereocenters. The van der Waals surface area contributed by atoms with Gasteiger partial charge in [0.1, 0.15) is 11.5 Å². The van der Waals surface area contributed by atoms with Crippen molar-refractivity contribution in [3.8, 4) is 11.5 Å². The zero-order chi connectivity index (χ0) is 18.5. The molecule has 3 rings (SSSR count). The summed E-state index contributed by atoms with van der Waals surface area (Å²) in [5, 5.41) is 0. The Morgan fingerprint density at radius 1 is 1.19 bits per heavy atom. The van der Waals surface area contributed by atoms with Crippen LogP contribution in [0.15, 0.2) is 53.0 Å². The van der Waals surface area contributed by atoms with E-state index in [2.05, 4.69) is 15.9 Å².